The van der Waals surface area contributed by atoms with Gasteiger partial charge >= 0.3 is 5.97 Å². The maximum absolute atomic E-state index is 12.8. The molecule has 0 aromatic heterocycles. The van der Waals surface area contributed by atoms with Crippen LogP contribution in [0, 0.1) is 22.0 Å². The molecule has 0 amide bonds. The molecule has 1 saturated heterocycles. The lowest BCUT2D eigenvalue weighted by molar-refractivity contribution is -0.387. The van der Waals surface area contributed by atoms with Gasteiger partial charge in [0.1, 0.15) is 0 Å². The van der Waals surface area contributed by atoms with Gasteiger partial charge in [-0.1, -0.05) is 24.6 Å². The van der Waals surface area contributed by atoms with E-state index in [1.54, 1.807) is 6.92 Å². The lowest BCUT2D eigenvalue weighted by Gasteiger charge is -2.33. The van der Waals surface area contributed by atoms with Crippen LogP contribution in [0.4, 0.5) is 5.69 Å². The number of nitro benzene ring substituents is 1. The summed E-state index contributed by atoms with van der Waals surface area (Å²) in [6.07, 6.45) is 0.353. The summed E-state index contributed by atoms with van der Waals surface area (Å²) in [5.74, 6) is -2.12. The van der Waals surface area contributed by atoms with Crippen molar-refractivity contribution in [3.63, 3.8) is 0 Å². The topological polar surface area (TPSA) is 118 Å². The Morgan fingerprint density at radius 1 is 1.43 bits per heavy atom. The Kier molecular flexibility index (Phi) is 4.92. The molecule has 0 spiro atoms. The molecular formula is C13H15ClN2O6S. The molecule has 0 bridgehead atoms. The summed E-state index contributed by atoms with van der Waals surface area (Å²) in [5, 5.41) is 20.0. The summed E-state index contributed by atoms with van der Waals surface area (Å²) >= 11 is 5.89. The number of nitrogens with zero attached hydrogens (tertiary/aromatic N) is 2. The van der Waals surface area contributed by atoms with Crippen LogP contribution in [0.3, 0.4) is 0 Å². The first kappa shape index (κ1) is 17.6. The number of hydrogen-bond acceptors (Lipinski definition) is 5. The Bertz CT molecular complexity index is 751. The summed E-state index contributed by atoms with van der Waals surface area (Å²) in [7, 11) is -4.27. The molecule has 23 heavy (non-hydrogen) atoms. The van der Waals surface area contributed by atoms with Crippen LogP contribution in [-0.4, -0.2) is 41.8 Å². The summed E-state index contributed by atoms with van der Waals surface area (Å²) in [6, 6.07) is 3.60. The van der Waals surface area contributed by atoms with E-state index in [0.29, 0.717) is 6.42 Å². The lowest BCUT2D eigenvalue weighted by atomic mass is 9.92. The van der Waals surface area contributed by atoms with Gasteiger partial charge in [0, 0.05) is 19.2 Å². The minimum Gasteiger partial charge on any atom is -0.481 e. The van der Waals surface area contributed by atoms with E-state index < -0.39 is 37.4 Å². The van der Waals surface area contributed by atoms with Crippen LogP contribution < -0.4 is 0 Å². The zero-order valence-corrected chi connectivity index (χ0v) is 13.7. The van der Waals surface area contributed by atoms with Gasteiger partial charge in [-0.05, 0) is 18.4 Å². The molecule has 0 radical (unpaired) electrons. The summed E-state index contributed by atoms with van der Waals surface area (Å²) in [5.41, 5.74) is -0.623. The van der Waals surface area contributed by atoms with Gasteiger partial charge in [0.2, 0.25) is 0 Å². The third-order valence-corrected chi connectivity index (χ3v) is 6.07. The smallest absolute Gasteiger partial charge is 0.307 e. The van der Waals surface area contributed by atoms with Gasteiger partial charge in [-0.3, -0.25) is 14.9 Å². The maximum Gasteiger partial charge on any atom is 0.307 e. The third-order valence-electron chi connectivity index (χ3n) is 3.72. The lowest BCUT2D eigenvalue weighted by Crippen LogP contribution is -2.45. The van der Waals surface area contributed by atoms with Gasteiger partial charge in [0.25, 0.3) is 15.7 Å². The van der Waals surface area contributed by atoms with Gasteiger partial charge in [-0.2, -0.15) is 4.31 Å². The van der Waals surface area contributed by atoms with Gasteiger partial charge in [-0.25, -0.2) is 8.42 Å². The van der Waals surface area contributed by atoms with Crippen molar-refractivity contribution in [2.75, 3.05) is 13.1 Å². The van der Waals surface area contributed by atoms with Crippen molar-refractivity contribution in [3.05, 3.63) is 33.3 Å². The number of halogens is 1. The molecule has 2 atom stereocenters. The van der Waals surface area contributed by atoms with Crippen molar-refractivity contribution in [2.24, 2.45) is 11.8 Å². The van der Waals surface area contributed by atoms with Crippen LogP contribution >= 0.6 is 11.6 Å². The van der Waals surface area contributed by atoms with Gasteiger partial charge in [0.05, 0.1) is 15.9 Å². The van der Waals surface area contributed by atoms with E-state index in [-0.39, 0.29) is 24.0 Å². The molecule has 0 saturated carbocycles. The van der Waals surface area contributed by atoms with Gasteiger partial charge < -0.3 is 5.11 Å². The number of rotatable bonds is 4. The number of nitro groups is 1. The predicted octanol–water partition coefficient (Wildman–Crippen LogP) is 1.98. The SMILES string of the molecule is CC1CC(C(=O)O)CN(S(=O)(=O)c2c(Cl)cccc2[N+](=O)[O-])C1. The van der Waals surface area contributed by atoms with Crippen LogP contribution in [0.15, 0.2) is 23.1 Å². The number of piperidine rings is 1. The first-order valence-electron chi connectivity index (χ1n) is 6.80. The number of aliphatic carboxylic acids is 1. The van der Waals surface area contributed by atoms with Crippen molar-refractivity contribution in [1.82, 2.24) is 4.31 Å². The van der Waals surface area contributed by atoms with E-state index in [9.17, 15) is 23.3 Å². The number of carbonyl (C=O) groups is 1. The second-order valence-corrected chi connectivity index (χ2v) is 7.83. The minimum atomic E-state index is -4.27. The fourth-order valence-electron chi connectivity index (χ4n) is 2.70. The van der Waals surface area contributed by atoms with Gasteiger partial charge in [0.15, 0.2) is 4.90 Å². The quantitative estimate of drug-likeness (QED) is 0.646. The first-order chi connectivity index (χ1) is 10.6. The molecule has 2 unspecified atom stereocenters. The number of carboxylic acids is 1. The van der Waals surface area contributed by atoms with Crippen molar-refractivity contribution in [2.45, 2.75) is 18.2 Å². The van der Waals surface area contributed by atoms with E-state index in [1.807, 2.05) is 0 Å². The molecule has 8 nitrogen and oxygen atoms in total. The molecular weight excluding hydrogens is 348 g/mol. The highest BCUT2D eigenvalue weighted by molar-refractivity contribution is 7.89. The van der Waals surface area contributed by atoms with Crippen molar-refractivity contribution in [3.8, 4) is 0 Å². The van der Waals surface area contributed by atoms with E-state index in [0.717, 1.165) is 10.4 Å². The number of sulfonamides is 1. The molecule has 1 fully saturated rings. The average Bonchev–Trinajstić information content (AvgIpc) is 2.45. The molecule has 1 aliphatic heterocycles. The normalized spacial score (nSPS) is 22.7. The highest BCUT2D eigenvalue weighted by Gasteiger charge is 2.40. The largest absolute Gasteiger partial charge is 0.481 e. The highest BCUT2D eigenvalue weighted by Crippen LogP contribution is 2.35. The van der Waals surface area contributed by atoms with E-state index in [1.165, 1.54) is 12.1 Å². The van der Waals surface area contributed by atoms with Crippen LogP contribution in [0.1, 0.15) is 13.3 Å². The molecule has 0 aliphatic carbocycles. The van der Waals surface area contributed by atoms with Crippen molar-refractivity contribution in [1.29, 1.82) is 0 Å². The Morgan fingerprint density at radius 2 is 2.09 bits per heavy atom. The molecule has 2 rings (SSSR count). The molecule has 1 aliphatic rings. The van der Waals surface area contributed by atoms with E-state index in [4.69, 9.17) is 16.7 Å². The van der Waals surface area contributed by atoms with Crippen molar-refractivity contribution >= 4 is 33.3 Å². The second-order valence-electron chi connectivity index (χ2n) is 5.54. The summed E-state index contributed by atoms with van der Waals surface area (Å²) in [6.45, 7) is 1.59. The van der Waals surface area contributed by atoms with E-state index >= 15 is 0 Å². The van der Waals surface area contributed by atoms with Crippen LogP contribution in [0.2, 0.25) is 5.02 Å². The zero-order chi connectivity index (χ0) is 17.4. The van der Waals surface area contributed by atoms with E-state index in [2.05, 4.69) is 0 Å². The zero-order valence-electron chi connectivity index (χ0n) is 12.2. The highest BCUT2D eigenvalue weighted by atomic mass is 35.5. The van der Waals surface area contributed by atoms with Crippen LogP contribution in [0.5, 0.6) is 0 Å². The Labute approximate surface area is 137 Å². The second kappa shape index (κ2) is 6.42. The Balaban J connectivity index is 2.50. The third kappa shape index (κ3) is 3.46. The van der Waals surface area contributed by atoms with Gasteiger partial charge in [-0.15, -0.1) is 0 Å². The molecule has 10 heteroatoms. The number of hydrogen-bond donors (Lipinski definition) is 1. The maximum atomic E-state index is 12.8. The van der Waals surface area contributed by atoms with Crippen LogP contribution in [-0.2, 0) is 14.8 Å². The molecule has 1 aromatic carbocycles. The Morgan fingerprint density at radius 3 is 2.65 bits per heavy atom. The minimum absolute atomic E-state index is 0.0918. The summed E-state index contributed by atoms with van der Waals surface area (Å²) in [4.78, 5) is 20.9. The molecule has 1 heterocycles. The standard InChI is InChI=1S/C13H15ClN2O6S/c1-8-5-9(13(17)18)7-15(6-8)23(21,22)12-10(14)3-2-4-11(12)16(19)20/h2-4,8-9H,5-7H2,1H3,(H,17,18). The van der Waals surface area contributed by atoms with Crippen molar-refractivity contribution < 1.29 is 23.2 Å². The fraction of sp³-hybridized carbons (Fsp3) is 0.462. The predicted molar refractivity (Wildman–Crippen MR) is 81.8 cm³/mol. The molecule has 1 aromatic rings. The molecule has 126 valence electrons. The Hall–Kier alpha value is -1.71. The monoisotopic (exact) mass is 362 g/mol. The number of carboxylic acid groups (broad SMARTS) is 1. The average molecular weight is 363 g/mol. The molecule has 1 N–H and O–H groups in total. The summed E-state index contributed by atoms with van der Waals surface area (Å²) < 4.78 is 26.5. The number of benzene rings is 1. The fourth-order valence-corrected chi connectivity index (χ4v) is 4.97. The first-order valence-corrected chi connectivity index (χ1v) is 8.62. The van der Waals surface area contributed by atoms with Crippen LogP contribution in [0.25, 0.3) is 0 Å².